The predicted octanol–water partition coefficient (Wildman–Crippen LogP) is 0.734. The molecule has 0 bridgehead atoms. The van der Waals surface area contributed by atoms with Crippen molar-refractivity contribution < 1.29 is 23.6 Å². The summed E-state index contributed by atoms with van der Waals surface area (Å²) in [5, 5.41) is 2.91. The number of halogens is 1. The minimum atomic E-state index is -0.223. The van der Waals surface area contributed by atoms with Gasteiger partial charge in [-0.25, -0.2) is 4.39 Å². The van der Waals surface area contributed by atoms with Crippen LogP contribution in [-0.2, 0) is 4.79 Å². The zero-order valence-electron chi connectivity index (χ0n) is 16.1. The lowest BCUT2D eigenvalue weighted by Crippen LogP contribution is -3.16. The maximum absolute atomic E-state index is 13.0. The van der Waals surface area contributed by atoms with Crippen molar-refractivity contribution in [3.63, 3.8) is 0 Å². The van der Waals surface area contributed by atoms with Crippen molar-refractivity contribution in [2.75, 3.05) is 57.9 Å². The van der Waals surface area contributed by atoms with Crippen LogP contribution in [0.4, 0.5) is 10.1 Å². The van der Waals surface area contributed by atoms with Gasteiger partial charge in [-0.15, -0.1) is 0 Å². The van der Waals surface area contributed by atoms with Crippen molar-refractivity contribution in [2.45, 2.75) is 0 Å². The Hall–Kier alpha value is -2.80. The number of rotatable bonds is 8. The zero-order chi connectivity index (χ0) is 19.8. The molecule has 0 saturated carbocycles. The number of nitrogens with one attached hydrogen (secondary N) is 2. The van der Waals surface area contributed by atoms with Crippen LogP contribution in [0.5, 0.6) is 11.5 Å². The Kier molecular flexibility index (Phi) is 7.08. The molecular formula is C21H27FN3O3+. The van der Waals surface area contributed by atoms with E-state index in [0.29, 0.717) is 31.2 Å². The quantitative estimate of drug-likeness (QED) is 0.655. The molecule has 3 rings (SSSR count). The van der Waals surface area contributed by atoms with E-state index in [4.69, 9.17) is 9.47 Å². The maximum Gasteiger partial charge on any atom is 0.275 e. The Bertz CT molecular complexity index is 762. The van der Waals surface area contributed by atoms with Gasteiger partial charge in [-0.3, -0.25) is 4.79 Å². The molecular weight excluding hydrogens is 361 g/mol. The molecule has 2 aromatic rings. The first-order valence-electron chi connectivity index (χ1n) is 9.52. The number of ether oxygens (including phenoxy) is 2. The van der Waals surface area contributed by atoms with Crippen LogP contribution < -0.4 is 24.6 Å². The zero-order valence-corrected chi connectivity index (χ0v) is 16.1. The lowest BCUT2D eigenvalue weighted by Gasteiger charge is -2.33. The van der Waals surface area contributed by atoms with Crippen molar-refractivity contribution in [2.24, 2.45) is 0 Å². The summed E-state index contributed by atoms with van der Waals surface area (Å²) in [5.74, 6) is 1.15. The number of amides is 1. The molecule has 0 unspecified atom stereocenters. The number of hydrogen-bond donors (Lipinski definition) is 2. The van der Waals surface area contributed by atoms with E-state index < -0.39 is 0 Å². The van der Waals surface area contributed by atoms with Gasteiger partial charge in [0.1, 0.15) is 12.4 Å². The summed E-state index contributed by atoms with van der Waals surface area (Å²) in [6.45, 7) is 4.75. The van der Waals surface area contributed by atoms with Crippen LogP contribution in [0.1, 0.15) is 0 Å². The van der Waals surface area contributed by atoms with Crippen LogP contribution in [0.25, 0.3) is 0 Å². The Balaban J connectivity index is 1.34. The number of piperazine rings is 1. The Morgan fingerprint density at radius 3 is 2.46 bits per heavy atom. The molecule has 2 aromatic carbocycles. The average molecular weight is 388 g/mol. The first-order chi connectivity index (χ1) is 13.7. The number of benzene rings is 2. The molecule has 1 aliphatic heterocycles. The van der Waals surface area contributed by atoms with Crippen molar-refractivity contribution >= 4 is 11.6 Å². The smallest absolute Gasteiger partial charge is 0.275 e. The number of carbonyl (C=O) groups excluding carboxylic acids is 1. The van der Waals surface area contributed by atoms with Crippen molar-refractivity contribution in [1.29, 1.82) is 0 Å². The summed E-state index contributed by atoms with van der Waals surface area (Å²) in [4.78, 5) is 15.6. The van der Waals surface area contributed by atoms with Gasteiger partial charge in [-0.2, -0.15) is 0 Å². The van der Waals surface area contributed by atoms with Gasteiger partial charge < -0.3 is 24.6 Å². The number of anilines is 1. The molecule has 0 atom stereocenters. The summed E-state index contributed by atoms with van der Waals surface area (Å²) < 4.78 is 23.9. The van der Waals surface area contributed by atoms with Gasteiger partial charge in [-0.1, -0.05) is 12.1 Å². The average Bonchev–Trinajstić information content (AvgIpc) is 2.73. The highest BCUT2D eigenvalue weighted by Crippen LogP contribution is 2.25. The number of nitrogens with zero attached hydrogens (tertiary/aromatic N) is 1. The van der Waals surface area contributed by atoms with Crippen LogP contribution >= 0.6 is 0 Å². The van der Waals surface area contributed by atoms with Crippen molar-refractivity contribution in [1.82, 2.24) is 5.32 Å². The monoisotopic (exact) mass is 388 g/mol. The lowest BCUT2D eigenvalue weighted by molar-refractivity contribution is -0.892. The number of para-hydroxylation sites is 2. The third kappa shape index (κ3) is 5.60. The van der Waals surface area contributed by atoms with Gasteiger partial charge in [-0.05, 0) is 36.4 Å². The first-order valence-corrected chi connectivity index (χ1v) is 9.52. The fraction of sp³-hybridized carbons (Fsp3) is 0.381. The molecule has 1 saturated heterocycles. The van der Waals surface area contributed by atoms with E-state index in [0.717, 1.165) is 31.9 Å². The second-order valence-electron chi connectivity index (χ2n) is 6.74. The van der Waals surface area contributed by atoms with Gasteiger partial charge in [0.15, 0.2) is 18.0 Å². The second kappa shape index (κ2) is 9.94. The van der Waals surface area contributed by atoms with E-state index in [1.165, 1.54) is 17.0 Å². The summed E-state index contributed by atoms with van der Waals surface area (Å²) in [6, 6.07) is 14.0. The number of carbonyl (C=O) groups is 1. The van der Waals surface area contributed by atoms with Crippen LogP contribution in [-0.4, -0.2) is 58.9 Å². The Morgan fingerprint density at radius 1 is 1.11 bits per heavy atom. The predicted molar refractivity (Wildman–Crippen MR) is 106 cm³/mol. The van der Waals surface area contributed by atoms with Gasteiger partial charge in [0.25, 0.3) is 5.91 Å². The van der Waals surface area contributed by atoms with Crippen molar-refractivity contribution in [3.05, 3.63) is 54.3 Å². The van der Waals surface area contributed by atoms with Crippen LogP contribution in [0, 0.1) is 5.82 Å². The standard InChI is InChI=1S/C21H26FN3O3/c1-27-19-4-2-3-5-20(19)28-15-10-23-21(26)16-24-11-13-25(14-12-24)18-8-6-17(22)7-9-18/h2-9H,10-16H2,1H3,(H,23,26)/p+1. The topological polar surface area (TPSA) is 55.2 Å². The lowest BCUT2D eigenvalue weighted by atomic mass is 10.2. The van der Waals surface area contributed by atoms with Gasteiger partial charge in [0.2, 0.25) is 0 Å². The molecule has 1 heterocycles. The van der Waals surface area contributed by atoms with Crippen molar-refractivity contribution in [3.8, 4) is 11.5 Å². The molecule has 150 valence electrons. The molecule has 1 aliphatic rings. The van der Waals surface area contributed by atoms with Gasteiger partial charge in [0, 0.05) is 5.69 Å². The largest absolute Gasteiger partial charge is 0.493 e. The molecule has 2 N–H and O–H groups in total. The number of hydrogen-bond acceptors (Lipinski definition) is 4. The molecule has 7 heteroatoms. The summed E-state index contributed by atoms with van der Waals surface area (Å²) in [7, 11) is 1.60. The Labute approximate surface area is 164 Å². The minimum Gasteiger partial charge on any atom is -0.493 e. The molecule has 0 spiro atoms. The normalized spacial score (nSPS) is 14.6. The van der Waals surface area contributed by atoms with E-state index in [1.807, 2.05) is 24.3 Å². The highest BCUT2D eigenvalue weighted by atomic mass is 19.1. The third-order valence-corrected chi connectivity index (χ3v) is 4.82. The van der Waals surface area contributed by atoms with Crippen LogP contribution in [0.15, 0.2) is 48.5 Å². The summed E-state index contributed by atoms with van der Waals surface area (Å²) in [5.41, 5.74) is 1.03. The molecule has 0 radical (unpaired) electrons. The van der Waals surface area contributed by atoms with E-state index in [1.54, 1.807) is 19.2 Å². The van der Waals surface area contributed by atoms with Crippen LogP contribution in [0.3, 0.4) is 0 Å². The highest BCUT2D eigenvalue weighted by molar-refractivity contribution is 5.76. The van der Waals surface area contributed by atoms with E-state index >= 15 is 0 Å². The van der Waals surface area contributed by atoms with E-state index in [9.17, 15) is 9.18 Å². The summed E-state index contributed by atoms with van der Waals surface area (Å²) in [6.07, 6.45) is 0. The third-order valence-electron chi connectivity index (χ3n) is 4.82. The molecule has 1 amide bonds. The summed E-state index contributed by atoms with van der Waals surface area (Å²) >= 11 is 0. The highest BCUT2D eigenvalue weighted by Gasteiger charge is 2.22. The first kappa shape index (κ1) is 19.9. The van der Waals surface area contributed by atoms with E-state index in [-0.39, 0.29) is 11.7 Å². The fourth-order valence-corrected chi connectivity index (χ4v) is 3.29. The molecule has 0 aromatic heterocycles. The maximum atomic E-state index is 13.0. The molecule has 6 nitrogen and oxygen atoms in total. The van der Waals surface area contributed by atoms with Crippen LogP contribution in [0.2, 0.25) is 0 Å². The molecule has 0 aliphatic carbocycles. The van der Waals surface area contributed by atoms with Gasteiger partial charge in [0.05, 0.1) is 39.8 Å². The molecule has 28 heavy (non-hydrogen) atoms. The fourth-order valence-electron chi connectivity index (χ4n) is 3.29. The SMILES string of the molecule is COc1ccccc1OCCNC(=O)C[NH+]1CCN(c2ccc(F)cc2)CC1. The molecule has 1 fully saturated rings. The minimum absolute atomic E-state index is 0.0221. The second-order valence-corrected chi connectivity index (χ2v) is 6.74. The van der Waals surface area contributed by atoms with E-state index in [2.05, 4.69) is 10.2 Å². The number of quaternary nitrogens is 1. The number of methoxy groups -OCH3 is 1. The van der Waals surface area contributed by atoms with Gasteiger partial charge >= 0.3 is 0 Å². The Morgan fingerprint density at radius 2 is 1.79 bits per heavy atom.